The van der Waals surface area contributed by atoms with Crippen LogP contribution >= 0.6 is 0 Å². The number of carboxylic acid groups (broad SMARTS) is 1. The van der Waals surface area contributed by atoms with Gasteiger partial charge in [0.05, 0.1) is 12.5 Å². The fraction of sp³-hybridized carbons (Fsp3) is 0.417. The summed E-state index contributed by atoms with van der Waals surface area (Å²) in [5.41, 5.74) is -1.00. The number of aliphatic hydroxyl groups is 1. The molecule has 1 aromatic carbocycles. The molecule has 0 bridgehead atoms. The Kier molecular flexibility index (Phi) is 4.07. The second kappa shape index (κ2) is 5.14. The van der Waals surface area contributed by atoms with Gasteiger partial charge >= 0.3 is 5.97 Å². The van der Waals surface area contributed by atoms with Gasteiger partial charge in [-0.25, -0.2) is 4.39 Å². The molecule has 0 heterocycles. The summed E-state index contributed by atoms with van der Waals surface area (Å²) >= 11 is 0. The zero-order valence-electron chi connectivity index (χ0n) is 9.74. The van der Waals surface area contributed by atoms with E-state index in [2.05, 4.69) is 0 Å². The van der Waals surface area contributed by atoms with Crippen LogP contribution in [0.2, 0.25) is 0 Å². The number of aliphatic hydroxyl groups excluding tert-OH is 1. The molecule has 0 spiro atoms. The third kappa shape index (κ3) is 2.55. The number of benzene rings is 1. The SMILES string of the molecule is COc1ccc(C(C)(CCO)C(=O)O)cc1F. The van der Waals surface area contributed by atoms with Crippen LogP contribution in [0, 0.1) is 5.82 Å². The molecular formula is C12H15FO4. The van der Waals surface area contributed by atoms with E-state index in [1.54, 1.807) is 0 Å². The molecule has 0 aliphatic heterocycles. The molecular weight excluding hydrogens is 227 g/mol. The Balaban J connectivity index is 3.20. The van der Waals surface area contributed by atoms with Crippen molar-refractivity contribution < 1.29 is 24.1 Å². The normalized spacial score (nSPS) is 14.1. The van der Waals surface area contributed by atoms with Gasteiger partial charge < -0.3 is 14.9 Å². The van der Waals surface area contributed by atoms with Crippen LogP contribution in [0.4, 0.5) is 4.39 Å². The molecule has 0 saturated carbocycles. The first kappa shape index (κ1) is 13.4. The van der Waals surface area contributed by atoms with E-state index < -0.39 is 17.2 Å². The first-order valence-electron chi connectivity index (χ1n) is 5.14. The van der Waals surface area contributed by atoms with Crippen molar-refractivity contribution in [3.05, 3.63) is 29.6 Å². The van der Waals surface area contributed by atoms with E-state index in [0.717, 1.165) is 6.07 Å². The Bertz CT molecular complexity index is 419. The summed E-state index contributed by atoms with van der Waals surface area (Å²) in [4.78, 5) is 11.2. The van der Waals surface area contributed by atoms with Gasteiger partial charge in [-0.05, 0) is 31.0 Å². The molecule has 0 aliphatic rings. The van der Waals surface area contributed by atoms with Crippen LogP contribution in [0.1, 0.15) is 18.9 Å². The van der Waals surface area contributed by atoms with Crippen molar-refractivity contribution in [1.29, 1.82) is 0 Å². The first-order chi connectivity index (χ1) is 7.95. The molecule has 2 N–H and O–H groups in total. The fourth-order valence-electron chi connectivity index (χ4n) is 1.61. The zero-order valence-corrected chi connectivity index (χ0v) is 9.74. The van der Waals surface area contributed by atoms with Gasteiger partial charge in [-0.2, -0.15) is 0 Å². The van der Waals surface area contributed by atoms with Gasteiger partial charge in [0.15, 0.2) is 11.6 Å². The minimum Gasteiger partial charge on any atom is -0.494 e. The second-order valence-corrected chi connectivity index (χ2v) is 3.96. The predicted octanol–water partition coefficient (Wildman–Crippen LogP) is 1.56. The third-order valence-electron chi connectivity index (χ3n) is 2.87. The van der Waals surface area contributed by atoms with E-state index in [4.69, 9.17) is 14.9 Å². The number of hydrogen-bond donors (Lipinski definition) is 2. The fourth-order valence-corrected chi connectivity index (χ4v) is 1.61. The Morgan fingerprint density at radius 2 is 2.18 bits per heavy atom. The zero-order chi connectivity index (χ0) is 13.1. The van der Waals surface area contributed by atoms with Crippen LogP contribution in [0.5, 0.6) is 5.75 Å². The monoisotopic (exact) mass is 242 g/mol. The number of hydrogen-bond acceptors (Lipinski definition) is 3. The standard InChI is InChI=1S/C12H15FO4/c1-12(5-6-14,11(15)16)8-3-4-10(17-2)9(13)7-8/h3-4,7,14H,5-6H2,1-2H3,(H,15,16). The lowest BCUT2D eigenvalue weighted by atomic mass is 9.80. The van der Waals surface area contributed by atoms with Crippen molar-refractivity contribution >= 4 is 5.97 Å². The van der Waals surface area contributed by atoms with Crippen molar-refractivity contribution in [3.63, 3.8) is 0 Å². The third-order valence-corrected chi connectivity index (χ3v) is 2.87. The molecule has 1 atom stereocenters. The van der Waals surface area contributed by atoms with Crippen molar-refractivity contribution in [1.82, 2.24) is 0 Å². The summed E-state index contributed by atoms with van der Waals surface area (Å²) in [5, 5.41) is 18.1. The number of carbonyl (C=O) groups is 1. The van der Waals surface area contributed by atoms with E-state index >= 15 is 0 Å². The second-order valence-electron chi connectivity index (χ2n) is 3.96. The summed E-state index contributed by atoms with van der Waals surface area (Å²) in [5.74, 6) is -1.66. The molecule has 4 nitrogen and oxygen atoms in total. The topological polar surface area (TPSA) is 66.8 Å². The Morgan fingerprint density at radius 3 is 2.59 bits per heavy atom. The van der Waals surface area contributed by atoms with Crippen molar-refractivity contribution in [2.45, 2.75) is 18.8 Å². The van der Waals surface area contributed by atoms with Gasteiger partial charge in [0.1, 0.15) is 0 Å². The Morgan fingerprint density at radius 1 is 1.53 bits per heavy atom. The highest BCUT2D eigenvalue weighted by atomic mass is 19.1. The molecule has 1 rings (SSSR count). The molecule has 0 aromatic heterocycles. The van der Waals surface area contributed by atoms with Gasteiger partial charge in [0.25, 0.3) is 0 Å². The van der Waals surface area contributed by atoms with Gasteiger partial charge in [0.2, 0.25) is 0 Å². The van der Waals surface area contributed by atoms with Crippen LogP contribution in [0.3, 0.4) is 0 Å². The van der Waals surface area contributed by atoms with E-state index in [1.165, 1.54) is 26.2 Å². The molecule has 0 saturated heterocycles. The summed E-state index contributed by atoms with van der Waals surface area (Å²) < 4.78 is 18.3. The van der Waals surface area contributed by atoms with E-state index in [-0.39, 0.29) is 18.8 Å². The summed E-state index contributed by atoms with van der Waals surface area (Å²) in [7, 11) is 1.34. The van der Waals surface area contributed by atoms with E-state index in [1.807, 2.05) is 0 Å². The molecule has 0 amide bonds. The van der Waals surface area contributed by atoms with Crippen molar-refractivity contribution in [2.75, 3.05) is 13.7 Å². The number of rotatable bonds is 5. The van der Waals surface area contributed by atoms with Crippen molar-refractivity contribution in [3.8, 4) is 5.75 Å². The highest BCUT2D eigenvalue weighted by Gasteiger charge is 2.35. The molecule has 1 aromatic rings. The minimum atomic E-state index is -1.30. The van der Waals surface area contributed by atoms with Gasteiger partial charge in [-0.15, -0.1) is 0 Å². The number of methoxy groups -OCH3 is 1. The molecule has 17 heavy (non-hydrogen) atoms. The number of carboxylic acids is 1. The molecule has 0 fully saturated rings. The van der Waals surface area contributed by atoms with Gasteiger partial charge in [-0.1, -0.05) is 6.07 Å². The van der Waals surface area contributed by atoms with E-state index in [0.29, 0.717) is 5.56 Å². The largest absolute Gasteiger partial charge is 0.494 e. The van der Waals surface area contributed by atoms with Crippen LogP contribution in [-0.2, 0) is 10.2 Å². The summed E-state index contributed by atoms with van der Waals surface area (Å²) in [6, 6.07) is 4.00. The Hall–Kier alpha value is -1.62. The molecule has 5 heteroatoms. The maximum absolute atomic E-state index is 13.5. The first-order valence-corrected chi connectivity index (χ1v) is 5.14. The molecule has 0 aliphatic carbocycles. The van der Waals surface area contributed by atoms with Gasteiger partial charge in [0, 0.05) is 6.61 Å². The van der Waals surface area contributed by atoms with Crippen molar-refractivity contribution in [2.24, 2.45) is 0 Å². The number of halogens is 1. The summed E-state index contributed by atoms with van der Waals surface area (Å²) in [6.07, 6.45) is 0.0219. The minimum absolute atomic E-state index is 0.0219. The van der Waals surface area contributed by atoms with E-state index in [9.17, 15) is 9.18 Å². The molecule has 0 radical (unpaired) electrons. The molecule has 1 unspecified atom stereocenters. The molecule has 94 valence electrons. The average Bonchev–Trinajstić information content (AvgIpc) is 2.28. The lowest BCUT2D eigenvalue weighted by Gasteiger charge is -2.24. The maximum atomic E-state index is 13.5. The number of ether oxygens (including phenoxy) is 1. The highest BCUT2D eigenvalue weighted by molar-refractivity contribution is 5.80. The summed E-state index contributed by atoms with van der Waals surface area (Å²) in [6.45, 7) is 1.17. The average molecular weight is 242 g/mol. The quantitative estimate of drug-likeness (QED) is 0.822. The highest BCUT2D eigenvalue weighted by Crippen LogP contribution is 2.30. The lowest BCUT2D eigenvalue weighted by molar-refractivity contribution is -0.143. The van der Waals surface area contributed by atoms with Crippen LogP contribution in [-0.4, -0.2) is 29.9 Å². The van der Waals surface area contributed by atoms with Crippen LogP contribution in [0.15, 0.2) is 18.2 Å². The van der Waals surface area contributed by atoms with Gasteiger partial charge in [-0.3, -0.25) is 4.79 Å². The maximum Gasteiger partial charge on any atom is 0.313 e. The number of aliphatic carboxylic acids is 1. The lowest BCUT2D eigenvalue weighted by Crippen LogP contribution is -2.33. The van der Waals surface area contributed by atoms with Crippen LogP contribution < -0.4 is 4.74 Å². The predicted molar refractivity (Wildman–Crippen MR) is 59.6 cm³/mol. The van der Waals surface area contributed by atoms with Crippen LogP contribution in [0.25, 0.3) is 0 Å². The Labute approximate surface area is 98.7 Å². The smallest absolute Gasteiger partial charge is 0.313 e.